The Morgan fingerprint density at radius 2 is 2.15 bits per heavy atom. The summed E-state index contributed by atoms with van der Waals surface area (Å²) in [5.74, 6) is 0.739. The Balaban J connectivity index is 2.56. The second-order valence-electron chi connectivity index (χ2n) is 2.67. The molecule has 0 radical (unpaired) electrons. The van der Waals surface area contributed by atoms with Gasteiger partial charge in [0.2, 0.25) is 0 Å². The van der Waals surface area contributed by atoms with Gasteiger partial charge in [-0.25, -0.2) is 0 Å². The Kier molecular flexibility index (Phi) is 3.71. The second kappa shape index (κ2) is 4.82. The van der Waals surface area contributed by atoms with E-state index in [2.05, 4.69) is 0 Å². The smallest absolute Gasteiger partial charge is 0.120 e. The summed E-state index contributed by atoms with van der Waals surface area (Å²) < 4.78 is 10.6. The van der Waals surface area contributed by atoms with Crippen LogP contribution in [0, 0.1) is 5.41 Å². The maximum Gasteiger partial charge on any atom is 0.120 e. The van der Waals surface area contributed by atoms with Gasteiger partial charge in [0.1, 0.15) is 11.9 Å². The summed E-state index contributed by atoms with van der Waals surface area (Å²) in [6, 6.07) is 0. The molecular formula is C10H15NO2. The molecule has 0 heterocycles. The van der Waals surface area contributed by atoms with E-state index in [9.17, 15) is 0 Å². The van der Waals surface area contributed by atoms with Gasteiger partial charge < -0.3 is 14.9 Å². The first-order valence-electron chi connectivity index (χ1n) is 4.50. The number of nitrogens with one attached hydrogen (secondary N) is 1. The largest absolute Gasteiger partial charge is 0.494 e. The molecule has 0 aliphatic heterocycles. The fourth-order valence-corrected chi connectivity index (χ4v) is 1.15. The van der Waals surface area contributed by atoms with Crippen molar-refractivity contribution < 1.29 is 9.47 Å². The molecule has 1 rings (SSSR count). The van der Waals surface area contributed by atoms with Crippen molar-refractivity contribution in [2.45, 2.75) is 20.0 Å². The van der Waals surface area contributed by atoms with Gasteiger partial charge in [-0.2, -0.15) is 0 Å². The van der Waals surface area contributed by atoms with Crippen molar-refractivity contribution in [1.82, 2.24) is 0 Å². The molecule has 1 N–H and O–H groups in total. The molecule has 0 saturated carbocycles. The van der Waals surface area contributed by atoms with Crippen molar-refractivity contribution in [3.8, 4) is 0 Å². The molecule has 1 aliphatic carbocycles. The number of hydrogen-bond donors (Lipinski definition) is 1. The summed E-state index contributed by atoms with van der Waals surface area (Å²) in [4.78, 5) is 0. The Morgan fingerprint density at radius 1 is 1.38 bits per heavy atom. The van der Waals surface area contributed by atoms with Crippen molar-refractivity contribution in [3.63, 3.8) is 0 Å². The van der Waals surface area contributed by atoms with E-state index in [1.54, 1.807) is 6.08 Å². The summed E-state index contributed by atoms with van der Waals surface area (Å²) in [5, 5.41) is 7.63. The van der Waals surface area contributed by atoms with Gasteiger partial charge in [-0.05, 0) is 26.0 Å². The van der Waals surface area contributed by atoms with E-state index in [-0.39, 0.29) is 6.10 Å². The van der Waals surface area contributed by atoms with Gasteiger partial charge in [0.25, 0.3) is 0 Å². The summed E-state index contributed by atoms with van der Waals surface area (Å²) in [6.45, 7) is 5.09. The lowest BCUT2D eigenvalue weighted by Crippen LogP contribution is -2.22. The predicted octanol–water partition coefficient (Wildman–Crippen LogP) is 1.90. The van der Waals surface area contributed by atoms with Gasteiger partial charge in [0.05, 0.1) is 12.3 Å². The minimum Gasteiger partial charge on any atom is -0.494 e. The van der Waals surface area contributed by atoms with Gasteiger partial charge >= 0.3 is 0 Å². The number of allylic oxidation sites excluding steroid dienone is 1. The molecule has 0 bridgehead atoms. The Hall–Kier alpha value is -1.09. The van der Waals surface area contributed by atoms with Crippen LogP contribution in [0.2, 0.25) is 0 Å². The summed E-state index contributed by atoms with van der Waals surface area (Å²) in [5.41, 5.74) is 0.452. The quantitative estimate of drug-likeness (QED) is 0.719. The molecule has 0 fully saturated rings. The van der Waals surface area contributed by atoms with E-state index >= 15 is 0 Å². The minimum absolute atomic E-state index is 0.200. The SMILES string of the molecule is CCOC1=CC(=N)C(OCC)C=C1. The molecule has 3 nitrogen and oxygen atoms in total. The Morgan fingerprint density at radius 3 is 2.69 bits per heavy atom. The molecule has 0 aromatic heterocycles. The van der Waals surface area contributed by atoms with Crippen LogP contribution >= 0.6 is 0 Å². The molecule has 13 heavy (non-hydrogen) atoms. The molecule has 0 saturated heterocycles. The van der Waals surface area contributed by atoms with Crippen LogP contribution in [0.4, 0.5) is 0 Å². The summed E-state index contributed by atoms with van der Waals surface area (Å²) in [7, 11) is 0. The van der Waals surface area contributed by atoms with Gasteiger partial charge in [-0.15, -0.1) is 0 Å². The van der Waals surface area contributed by atoms with Crippen LogP contribution in [0.1, 0.15) is 13.8 Å². The first-order chi connectivity index (χ1) is 6.27. The van der Waals surface area contributed by atoms with E-state index in [0.717, 1.165) is 5.76 Å². The molecule has 1 atom stereocenters. The third kappa shape index (κ3) is 2.70. The molecule has 0 aromatic rings. The average molecular weight is 181 g/mol. The molecule has 72 valence electrons. The zero-order valence-corrected chi connectivity index (χ0v) is 8.04. The van der Waals surface area contributed by atoms with E-state index in [1.807, 2.05) is 26.0 Å². The third-order valence-electron chi connectivity index (χ3n) is 1.70. The van der Waals surface area contributed by atoms with E-state index in [1.165, 1.54) is 0 Å². The van der Waals surface area contributed by atoms with E-state index in [0.29, 0.717) is 18.9 Å². The number of rotatable bonds is 4. The van der Waals surface area contributed by atoms with Crippen molar-refractivity contribution in [1.29, 1.82) is 5.41 Å². The van der Waals surface area contributed by atoms with Crippen LogP contribution < -0.4 is 0 Å². The molecule has 0 spiro atoms. The fourth-order valence-electron chi connectivity index (χ4n) is 1.15. The topological polar surface area (TPSA) is 42.3 Å². The Labute approximate surface area is 78.6 Å². The molecule has 0 aromatic carbocycles. The molecule has 1 unspecified atom stereocenters. The van der Waals surface area contributed by atoms with Crippen LogP contribution in [-0.2, 0) is 9.47 Å². The van der Waals surface area contributed by atoms with Crippen molar-refractivity contribution in [2.75, 3.05) is 13.2 Å². The molecular weight excluding hydrogens is 166 g/mol. The van der Waals surface area contributed by atoms with Crippen LogP contribution in [-0.4, -0.2) is 25.0 Å². The normalized spacial score (nSPS) is 21.5. The fraction of sp³-hybridized carbons (Fsp3) is 0.500. The maximum absolute atomic E-state index is 7.63. The highest BCUT2D eigenvalue weighted by Gasteiger charge is 2.14. The zero-order chi connectivity index (χ0) is 9.68. The maximum atomic E-state index is 7.63. The highest BCUT2D eigenvalue weighted by molar-refractivity contribution is 5.99. The van der Waals surface area contributed by atoms with E-state index in [4.69, 9.17) is 14.9 Å². The van der Waals surface area contributed by atoms with Gasteiger partial charge in [-0.3, -0.25) is 0 Å². The van der Waals surface area contributed by atoms with Crippen molar-refractivity contribution in [3.05, 3.63) is 24.0 Å². The standard InChI is InChI=1S/C10H15NO2/c1-3-12-8-5-6-10(13-4-2)9(11)7-8/h5-7,10-11H,3-4H2,1-2H3. The van der Waals surface area contributed by atoms with Crippen LogP contribution in [0.25, 0.3) is 0 Å². The van der Waals surface area contributed by atoms with Crippen LogP contribution in [0.15, 0.2) is 24.0 Å². The Bertz CT molecular complexity index is 243. The monoisotopic (exact) mass is 181 g/mol. The lowest BCUT2D eigenvalue weighted by atomic mass is 10.1. The first kappa shape index (κ1) is 9.99. The highest BCUT2D eigenvalue weighted by Crippen LogP contribution is 2.11. The minimum atomic E-state index is -0.200. The molecule has 3 heteroatoms. The van der Waals surface area contributed by atoms with Crippen LogP contribution in [0.5, 0.6) is 0 Å². The first-order valence-corrected chi connectivity index (χ1v) is 4.50. The van der Waals surface area contributed by atoms with Gasteiger partial charge in [0.15, 0.2) is 0 Å². The average Bonchev–Trinajstić information content (AvgIpc) is 2.10. The van der Waals surface area contributed by atoms with Gasteiger partial charge in [0, 0.05) is 12.7 Å². The molecule has 0 amide bonds. The van der Waals surface area contributed by atoms with Gasteiger partial charge in [-0.1, -0.05) is 0 Å². The summed E-state index contributed by atoms with van der Waals surface area (Å²) in [6.07, 6.45) is 5.19. The summed E-state index contributed by atoms with van der Waals surface area (Å²) >= 11 is 0. The van der Waals surface area contributed by atoms with Crippen molar-refractivity contribution >= 4 is 5.71 Å². The number of hydrogen-bond acceptors (Lipinski definition) is 3. The third-order valence-corrected chi connectivity index (χ3v) is 1.70. The molecule has 1 aliphatic rings. The lowest BCUT2D eigenvalue weighted by Gasteiger charge is -2.16. The highest BCUT2D eigenvalue weighted by atomic mass is 16.5. The predicted molar refractivity (Wildman–Crippen MR) is 52.0 cm³/mol. The number of ether oxygens (including phenoxy) is 2. The van der Waals surface area contributed by atoms with Crippen molar-refractivity contribution in [2.24, 2.45) is 0 Å². The van der Waals surface area contributed by atoms with E-state index < -0.39 is 0 Å². The lowest BCUT2D eigenvalue weighted by molar-refractivity contribution is 0.138. The zero-order valence-electron chi connectivity index (χ0n) is 8.04. The van der Waals surface area contributed by atoms with Crippen LogP contribution in [0.3, 0.4) is 0 Å². The second-order valence-corrected chi connectivity index (χ2v) is 2.67.